The fourth-order valence-corrected chi connectivity index (χ4v) is 13.2. The third-order valence-electron chi connectivity index (χ3n) is 17.6. The van der Waals surface area contributed by atoms with Gasteiger partial charge in [-0.05, 0) is 241 Å². The van der Waals surface area contributed by atoms with Gasteiger partial charge in [-0.15, -0.1) is 0 Å². The third kappa shape index (κ3) is 11.8. The molecule has 0 radical (unpaired) electrons. The number of hydrogen-bond donors (Lipinski definition) is 0. The van der Waals surface area contributed by atoms with Gasteiger partial charge in [0.05, 0.1) is 11.0 Å². The lowest BCUT2D eigenvalue weighted by molar-refractivity contribution is 0.607. The Morgan fingerprint density at radius 3 is 1.14 bits per heavy atom. The van der Waals surface area contributed by atoms with Crippen LogP contribution in [0.5, 0.6) is 0 Å². The van der Waals surface area contributed by atoms with Gasteiger partial charge in [0.2, 0.25) is 0 Å². The van der Waals surface area contributed by atoms with Gasteiger partial charge in [0.25, 0.3) is 0 Å². The zero-order valence-corrected chi connectivity index (χ0v) is 51.4. The van der Waals surface area contributed by atoms with Crippen molar-refractivity contribution in [3.63, 3.8) is 0 Å². The molecule has 0 aliphatic carbocycles. The lowest BCUT2D eigenvalue weighted by Crippen LogP contribution is -2.11. The van der Waals surface area contributed by atoms with Gasteiger partial charge in [-0.3, -0.25) is 0 Å². The normalized spacial score (nSPS) is 11.3. The molecule has 0 saturated carbocycles. The Balaban J connectivity index is 0.816. The lowest BCUT2D eigenvalue weighted by atomic mass is 9.94. The van der Waals surface area contributed by atoms with Gasteiger partial charge in [0, 0.05) is 67.6 Å². The standard InChI is InChI=1S/C84H76N4/c1-6-7-8-9-10-15-27-64-40-43-71(44-41-64)87(75-47-51-79(62(4)56-75)77-49-45-73(54-60(77)2)85(67-29-16-11-17-30-67)68-31-18-12-19-32-68)76-48-52-80(63(5)57-76)78-50-46-74(55-61(78)3)86(69-33-20-13-21-34-69)72-37-26-28-65(58-72)66-42-53-84-82(59-66)81-38-24-25-39-83(81)88(84)70-35-22-14-23-36-70/h11-14,16-26,28-59H,6-10,15,27H2,1-5H3. The Morgan fingerprint density at radius 1 is 0.273 bits per heavy atom. The molecule has 432 valence electrons. The molecule has 0 unspecified atom stereocenters. The molecule has 0 bridgehead atoms. The SMILES string of the molecule is CCCCCCCCc1ccc(N(c2ccc(-c3ccc(N(c4ccccc4)c4ccccc4)cc3C)c(C)c2)c2ccc(-c3ccc(N(c4ccccc4)c4cccc(-c5ccc6c(c5)c5ccccc5n6-c5ccccc5)c4)cc3C)c(C)c2)cc1. The number of para-hydroxylation sites is 5. The molecule has 88 heavy (non-hydrogen) atoms. The monoisotopic (exact) mass is 1140 g/mol. The van der Waals surface area contributed by atoms with Crippen LogP contribution < -0.4 is 14.7 Å². The van der Waals surface area contributed by atoms with Crippen LogP contribution in [0.2, 0.25) is 0 Å². The number of anilines is 9. The van der Waals surface area contributed by atoms with Crippen molar-refractivity contribution in [3.8, 4) is 39.1 Å². The summed E-state index contributed by atoms with van der Waals surface area (Å²) in [5.41, 5.74) is 27.2. The summed E-state index contributed by atoms with van der Waals surface area (Å²) in [4.78, 5) is 7.17. The molecule has 0 aliphatic heterocycles. The molecule has 0 N–H and O–H groups in total. The number of fused-ring (bicyclic) bond motifs is 3. The first-order valence-corrected chi connectivity index (χ1v) is 31.5. The van der Waals surface area contributed by atoms with Crippen molar-refractivity contribution in [3.05, 3.63) is 313 Å². The fraction of sp³-hybridized carbons (Fsp3) is 0.143. The Labute approximate surface area is 520 Å². The molecular weight excluding hydrogens is 1060 g/mol. The van der Waals surface area contributed by atoms with Crippen molar-refractivity contribution < 1.29 is 0 Å². The van der Waals surface area contributed by atoms with Crippen LogP contribution >= 0.6 is 0 Å². The Morgan fingerprint density at radius 2 is 0.648 bits per heavy atom. The first-order valence-electron chi connectivity index (χ1n) is 31.5. The molecule has 13 rings (SSSR count). The van der Waals surface area contributed by atoms with Gasteiger partial charge in [0.1, 0.15) is 0 Å². The number of benzene rings is 12. The summed E-state index contributed by atoms with van der Waals surface area (Å²) in [5.74, 6) is 0. The maximum Gasteiger partial charge on any atom is 0.0541 e. The molecular formula is C84H76N4. The van der Waals surface area contributed by atoms with Crippen molar-refractivity contribution in [2.24, 2.45) is 0 Å². The molecule has 13 aromatic rings. The molecule has 0 amide bonds. The van der Waals surface area contributed by atoms with Crippen LogP contribution in [0, 0.1) is 27.7 Å². The highest BCUT2D eigenvalue weighted by Gasteiger charge is 2.21. The smallest absolute Gasteiger partial charge is 0.0541 e. The molecule has 0 spiro atoms. The summed E-state index contributed by atoms with van der Waals surface area (Å²) in [6.45, 7) is 11.3. The Bertz CT molecular complexity index is 4490. The van der Waals surface area contributed by atoms with Gasteiger partial charge in [-0.25, -0.2) is 0 Å². The van der Waals surface area contributed by atoms with E-state index in [0.717, 1.165) is 63.3 Å². The summed E-state index contributed by atoms with van der Waals surface area (Å²) in [5, 5.41) is 2.49. The van der Waals surface area contributed by atoms with E-state index in [9.17, 15) is 0 Å². The Hall–Kier alpha value is -10.2. The van der Waals surface area contributed by atoms with E-state index in [1.807, 2.05) is 0 Å². The Kier molecular flexibility index (Phi) is 16.7. The molecule has 1 aromatic heterocycles. The van der Waals surface area contributed by atoms with Crippen LogP contribution in [0.15, 0.2) is 285 Å². The van der Waals surface area contributed by atoms with E-state index in [1.165, 1.54) is 122 Å². The number of rotatable bonds is 20. The van der Waals surface area contributed by atoms with Crippen molar-refractivity contribution in [2.45, 2.75) is 79.6 Å². The highest BCUT2D eigenvalue weighted by Crippen LogP contribution is 2.44. The number of unbranched alkanes of at least 4 members (excludes halogenated alkanes) is 5. The van der Waals surface area contributed by atoms with E-state index < -0.39 is 0 Å². The summed E-state index contributed by atoms with van der Waals surface area (Å²) in [6, 6.07) is 105. The third-order valence-corrected chi connectivity index (χ3v) is 17.6. The van der Waals surface area contributed by atoms with Crippen LogP contribution in [0.1, 0.15) is 73.3 Å². The van der Waals surface area contributed by atoms with E-state index >= 15 is 0 Å². The summed E-state index contributed by atoms with van der Waals surface area (Å²) < 4.78 is 2.38. The van der Waals surface area contributed by atoms with E-state index in [2.05, 4.69) is 339 Å². The van der Waals surface area contributed by atoms with Crippen LogP contribution in [-0.4, -0.2) is 4.57 Å². The van der Waals surface area contributed by atoms with Gasteiger partial charge < -0.3 is 19.3 Å². The average Bonchev–Trinajstić information content (AvgIpc) is 1.84. The van der Waals surface area contributed by atoms with E-state index in [0.29, 0.717) is 0 Å². The van der Waals surface area contributed by atoms with Gasteiger partial charge in [0.15, 0.2) is 0 Å². The highest BCUT2D eigenvalue weighted by molar-refractivity contribution is 6.10. The van der Waals surface area contributed by atoms with Crippen LogP contribution in [0.25, 0.3) is 60.9 Å². The van der Waals surface area contributed by atoms with Crippen LogP contribution in [0.4, 0.5) is 51.2 Å². The van der Waals surface area contributed by atoms with Crippen LogP contribution in [0.3, 0.4) is 0 Å². The molecule has 4 heteroatoms. The quantitative estimate of drug-likeness (QED) is 0.0707. The lowest BCUT2D eigenvalue weighted by Gasteiger charge is -2.28. The minimum Gasteiger partial charge on any atom is -0.310 e. The molecule has 0 saturated heterocycles. The zero-order chi connectivity index (χ0) is 59.9. The van der Waals surface area contributed by atoms with E-state index in [-0.39, 0.29) is 0 Å². The van der Waals surface area contributed by atoms with Crippen molar-refractivity contribution in [1.82, 2.24) is 4.57 Å². The van der Waals surface area contributed by atoms with Crippen molar-refractivity contribution >= 4 is 73.0 Å². The highest BCUT2D eigenvalue weighted by atomic mass is 15.2. The second-order valence-corrected chi connectivity index (χ2v) is 23.7. The molecule has 0 fully saturated rings. The average molecular weight is 1140 g/mol. The molecule has 12 aromatic carbocycles. The van der Waals surface area contributed by atoms with Gasteiger partial charge >= 0.3 is 0 Å². The van der Waals surface area contributed by atoms with Crippen molar-refractivity contribution in [1.29, 1.82) is 0 Å². The van der Waals surface area contributed by atoms with E-state index in [1.54, 1.807) is 0 Å². The summed E-state index contributed by atoms with van der Waals surface area (Å²) >= 11 is 0. The van der Waals surface area contributed by atoms with Crippen LogP contribution in [-0.2, 0) is 6.42 Å². The molecule has 4 nitrogen and oxygen atoms in total. The maximum atomic E-state index is 2.44. The topological polar surface area (TPSA) is 14.7 Å². The van der Waals surface area contributed by atoms with Crippen molar-refractivity contribution in [2.75, 3.05) is 14.7 Å². The summed E-state index contributed by atoms with van der Waals surface area (Å²) in [7, 11) is 0. The number of aromatic nitrogens is 1. The minimum absolute atomic E-state index is 1.10. The second kappa shape index (κ2) is 25.8. The molecule has 0 aliphatic rings. The number of aryl methyl sites for hydroxylation is 5. The van der Waals surface area contributed by atoms with Gasteiger partial charge in [-0.1, -0.05) is 185 Å². The second-order valence-electron chi connectivity index (χ2n) is 23.7. The largest absolute Gasteiger partial charge is 0.310 e. The number of nitrogens with zero attached hydrogens (tertiary/aromatic N) is 4. The first kappa shape index (κ1) is 56.9. The van der Waals surface area contributed by atoms with E-state index in [4.69, 9.17) is 0 Å². The zero-order valence-electron chi connectivity index (χ0n) is 51.4. The fourth-order valence-electron chi connectivity index (χ4n) is 13.2. The number of hydrogen-bond acceptors (Lipinski definition) is 3. The molecule has 0 atom stereocenters. The summed E-state index contributed by atoms with van der Waals surface area (Å²) in [6.07, 6.45) is 8.89. The maximum absolute atomic E-state index is 2.44. The molecule has 1 heterocycles. The predicted molar refractivity (Wildman–Crippen MR) is 377 cm³/mol. The predicted octanol–water partition coefficient (Wildman–Crippen LogP) is 24.3. The first-order chi connectivity index (χ1) is 43.3. The minimum atomic E-state index is 1.10. The van der Waals surface area contributed by atoms with Gasteiger partial charge in [-0.2, -0.15) is 0 Å².